The Balaban J connectivity index is 2.22. The van der Waals surface area contributed by atoms with E-state index in [1.165, 1.54) is 6.42 Å². The van der Waals surface area contributed by atoms with Crippen LogP contribution in [-0.4, -0.2) is 32.0 Å². The fraction of sp³-hybridized carbons (Fsp3) is 1.00. The van der Waals surface area contributed by atoms with Crippen LogP contribution < -0.4 is 5.32 Å². The minimum Gasteiger partial charge on any atom is -0.315 e. The molecule has 0 aromatic rings. The lowest BCUT2D eigenvalue weighted by Crippen LogP contribution is -2.35. The predicted octanol–water partition coefficient (Wildman–Crippen LogP) is 1.84. The van der Waals surface area contributed by atoms with Gasteiger partial charge in [-0.05, 0) is 45.1 Å². The molecule has 0 heterocycles. The maximum absolute atomic E-state index is 11.8. The van der Waals surface area contributed by atoms with Gasteiger partial charge < -0.3 is 5.32 Å². The maximum atomic E-state index is 11.8. The molecule has 0 amide bonds. The SMILES string of the molecule is CC1(C)CC1CNCCS(=O)(=O)C(C)(C)C. The van der Waals surface area contributed by atoms with Crippen molar-refractivity contribution >= 4 is 9.84 Å². The summed E-state index contributed by atoms with van der Waals surface area (Å²) in [4.78, 5) is 0. The van der Waals surface area contributed by atoms with Crippen molar-refractivity contribution in [1.82, 2.24) is 5.32 Å². The van der Waals surface area contributed by atoms with Crippen molar-refractivity contribution in [3.63, 3.8) is 0 Å². The fourth-order valence-electron chi connectivity index (χ4n) is 1.71. The Bertz CT molecular complexity index is 339. The van der Waals surface area contributed by atoms with Gasteiger partial charge in [-0.3, -0.25) is 0 Å². The molecule has 96 valence electrons. The summed E-state index contributed by atoms with van der Waals surface area (Å²) in [5.74, 6) is 0.966. The predicted molar refractivity (Wildman–Crippen MR) is 68.3 cm³/mol. The molecule has 1 unspecified atom stereocenters. The van der Waals surface area contributed by atoms with Crippen LogP contribution in [0.4, 0.5) is 0 Å². The van der Waals surface area contributed by atoms with Crippen LogP contribution in [0, 0.1) is 11.3 Å². The molecule has 0 bridgehead atoms. The van der Waals surface area contributed by atoms with E-state index >= 15 is 0 Å². The monoisotopic (exact) mass is 247 g/mol. The van der Waals surface area contributed by atoms with Gasteiger partial charge in [0.2, 0.25) is 0 Å². The Labute approximate surface area is 99.9 Å². The van der Waals surface area contributed by atoms with E-state index in [1.807, 2.05) is 0 Å². The second-order valence-electron chi connectivity index (χ2n) is 6.52. The highest BCUT2D eigenvalue weighted by molar-refractivity contribution is 7.92. The summed E-state index contributed by atoms with van der Waals surface area (Å²) in [5, 5.41) is 3.25. The molecule has 1 rings (SSSR count). The van der Waals surface area contributed by atoms with Crippen molar-refractivity contribution < 1.29 is 8.42 Å². The van der Waals surface area contributed by atoms with Crippen molar-refractivity contribution in [3.8, 4) is 0 Å². The lowest BCUT2D eigenvalue weighted by molar-refractivity contribution is 0.522. The largest absolute Gasteiger partial charge is 0.315 e. The van der Waals surface area contributed by atoms with Crippen LogP contribution in [0.2, 0.25) is 0 Å². The number of rotatable bonds is 5. The van der Waals surface area contributed by atoms with E-state index in [9.17, 15) is 8.42 Å². The van der Waals surface area contributed by atoms with E-state index in [4.69, 9.17) is 0 Å². The van der Waals surface area contributed by atoms with Gasteiger partial charge in [-0.25, -0.2) is 8.42 Å². The van der Waals surface area contributed by atoms with Gasteiger partial charge in [0.1, 0.15) is 0 Å². The van der Waals surface area contributed by atoms with Gasteiger partial charge in [-0.1, -0.05) is 13.8 Å². The molecule has 1 aliphatic carbocycles. The summed E-state index contributed by atoms with van der Waals surface area (Å²) in [6, 6.07) is 0. The molecule has 0 aliphatic heterocycles. The van der Waals surface area contributed by atoms with Crippen LogP contribution in [-0.2, 0) is 9.84 Å². The summed E-state index contributed by atoms with van der Waals surface area (Å²) in [6.45, 7) is 11.3. The maximum Gasteiger partial charge on any atom is 0.156 e. The highest BCUT2D eigenvalue weighted by Crippen LogP contribution is 2.50. The van der Waals surface area contributed by atoms with Gasteiger partial charge in [0.15, 0.2) is 9.84 Å². The number of nitrogens with one attached hydrogen (secondary N) is 1. The number of sulfone groups is 1. The highest BCUT2D eigenvalue weighted by Gasteiger charge is 2.44. The second kappa shape index (κ2) is 4.30. The van der Waals surface area contributed by atoms with Crippen LogP contribution in [0.3, 0.4) is 0 Å². The molecule has 0 aromatic heterocycles. The third-order valence-corrected chi connectivity index (χ3v) is 6.20. The molecule has 4 heteroatoms. The molecule has 1 atom stereocenters. The smallest absolute Gasteiger partial charge is 0.156 e. The van der Waals surface area contributed by atoms with Gasteiger partial charge >= 0.3 is 0 Å². The van der Waals surface area contributed by atoms with Crippen molar-refractivity contribution in [2.75, 3.05) is 18.8 Å². The molecule has 1 aliphatic rings. The van der Waals surface area contributed by atoms with Crippen LogP contribution in [0.25, 0.3) is 0 Å². The zero-order valence-corrected chi connectivity index (χ0v) is 11.9. The Morgan fingerprint density at radius 2 is 1.81 bits per heavy atom. The Morgan fingerprint density at radius 3 is 2.19 bits per heavy atom. The third kappa shape index (κ3) is 3.45. The van der Waals surface area contributed by atoms with Gasteiger partial charge in [-0.2, -0.15) is 0 Å². The summed E-state index contributed by atoms with van der Waals surface area (Å²) >= 11 is 0. The first-order valence-corrected chi connectivity index (χ1v) is 7.64. The zero-order valence-electron chi connectivity index (χ0n) is 11.1. The zero-order chi connectivity index (χ0) is 12.6. The molecular weight excluding hydrogens is 222 g/mol. The van der Waals surface area contributed by atoms with Crippen LogP contribution in [0.15, 0.2) is 0 Å². The lowest BCUT2D eigenvalue weighted by Gasteiger charge is -2.19. The van der Waals surface area contributed by atoms with E-state index in [0.717, 1.165) is 12.5 Å². The standard InChI is InChI=1S/C12H25NO2S/c1-11(2,3)16(14,15)7-6-13-9-10-8-12(10,4)5/h10,13H,6-9H2,1-5H3. The molecule has 1 N–H and O–H groups in total. The van der Waals surface area contributed by atoms with Crippen molar-refractivity contribution in [2.45, 2.75) is 45.8 Å². The molecule has 0 aromatic carbocycles. The van der Waals surface area contributed by atoms with E-state index in [0.29, 0.717) is 12.0 Å². The third-order valence-electron chi connectivity index (χ3n) is 3.59. The molecule has 3 nitrogen and oxygen atoms in total. The number of hydrogen-bond donors (Lipinski definition) is 1. The number of hydrogen-bond acceptors (Lipinski definition) is 3. The van der Waals surface area contributed by atoms with Gasteiger partial charge in [-0.15, -0.1) is 0 Å². The summed E-state index contributed by atoms with van der Waals surface area (Å²) in [7, 11) is -2.97. The van der Waals surface area contributed by atoms with Crippen LogP contribution in [0.1, 0.15) is 41.0 Å². The Morgan fingerprint density at radius 1 is 1.31 bits per heavy atom. The minimum atomic E-state index is -2.97. The Hall–Kier alpha value is -0.0900. The highest BCUT2D eigenvalue weighted by atomic mass is 32.2. The fourth-order valence-corrected chi connectivity index (χ4v) is 2.74. The lowest BCUT2D eigenvalue weighted by atomic mass is 10.1. The molecule has 1 fully saturated rings. The Kier molecular flexibility index (Phi) is 3.75. The quantitative estimate of drug-likeness (QED) is 0.754. The molecular formula is C12H25NO2S. The summed E-state index contributed by atoms with van der Waals surface area (Å²) in [5.41, 5.74) is 0.468. The first-order chi connectivity index (χ1) is 7.06. The molecule has 1 saturated carbocycles. The minimum absolute atomic E-state index is 0.240. The molecule has 0 spiro atoms. The van der Waals surface area contributed by atoms with Gasteiger partial charge in [0.25, 0.3) is 0 Å². The average molecular weight is 247 g/mol. The summed E-state index contributed by atoms with van der Waals surface area (Å²) in [6.07, 6.45) is 1.26. The van der Waals surface area contributed by atoms with E-state index in [-0.39, 0.29) is 5.75 Å². The first kappa shape index (κ1) is 14.0. The van der Waals surface area contributed by atoms with Crippen molar-refractivity contribution in [1.29, 1.82) is 0 Å². The molecule has 0 radical (unpaired) electrons. The van der Waals surface area contributed by atoms with Gasteiger partial charge in [0.05, 0.1) is 10.5 Å². The van der Waals surface area contributed by atoms with Crippen molar-refractivity contribution in [2.24, 2.45) is 11.3 Å². The first-order valence-electron chi connectivity index (χ1n) is 5.99. The van der Waals surface area contributed by atoms with E-state index < -0.39 is 14.6 Å². The topological polar surface area (TPSA) is 46.2 Å². The van der Waals surface area contributed by atoms with Crippen molar-refractivity contribution in [3.05, 3.63) is 0 Å². The average Bonchev–Trinajstić information content (AvgIpc) is 2.66. The normalized spacial score (nSPS) is 24.4. The van der Waals surface area contributed by atoms with E-state index in [2.05, 4.69) is 19.2 Å². The summed E-state index contributed by atoms with van der Waals surface area (Å²) < 4.78 is 23.0. The molecule has 16 heavy (non-hydrogen) atoms. The van der Waals surface area contributed by atoms with Crippen LogP contribution >= 0.6 is 0 Å². The van der Waals surface area contributed by atoms with Crippen LogP contribution in [0.5, 0.6) is 0 Å². The van der Waals surface area contributed by atoms with E-state index in [1.54, 1.807) is 20.8 Å². The molecule has 0 saturated heterocycles. The second-order valence-corrected chi connectivity index (χ2v) is 9.39. The van der Waals surface area contributed by atoms with Gasteiger partial charge in [0, 0.05) is 6.54 Å².